The van der Waals surface area contributed by atoms with Crippen molar-refractivity contribution in [3.05, 3.63) is 39.5 Å². The van der Waals surface area contributed by atoms with Crippen molar-refractivity contribution in [2.75, 3.05) is 26.7 Å². The van der Waals surface area contributed by atoms with Gasteiger partial charge in [0.05, 0.1) is 23.7 Å². The molecule has 0 aliphatic carbocycles. The van der Waals surface area contributed by atoms with Crippen LogP contribution in [0.5, 0.6) is 0 Å². The fraction of sp³-hybridized carbons (Fsp3) is 0.444. The predicted octanol–water partition coefficient (Wildman–Crippen LogP) is 4.68. The Labute approximate surface area is 170 Å². The summed E-state index contributed by atoms with van der Waals surface area (Å²) in [7, 11) is 1.75. The molecular formula is C18H20Cl2F4N4. The Balaban J connectivity index is 2.55. The van der Waals surface area contributed by atoms with Gasteiger partial charge in [0, 0.05) is 35.0 Å². The molecule has 0 amide bonds. The summed E-state index contributed by atoms with van der Waals surface area (Å²) in [5, 5.41) is 5.74. The molecule has 1 atom stereocenters. The van der Waals surface area contributed by atoms with Crippen LogP contribution in [0.2, 0.25) is 10.0 Å². The Morgan fingerprint density at radius 2 is 2.00 bits per heavy atom. The molecule has 0 saturated heterocycles. The van der Waals surface area contributed by atoms with Gasteiger partial charge in [-0.05, 0) is 26.1 Å². The molecule has 0 radical (unpaired) electrons. The van der Waals surface area contributed by atoms with Crippen LogP contribution in [0.15, 0.2) is 33.9 Å². The summed E-state index contributed by atoms with van der Waals surface area (Å²) in [6.07, 6.45) is -4.51. The third kappa shape index (κ3) is 5.93. The van der Waals surface area contributed by atoms with E-state index < -0.39 is 18.2 Å². The van der Waals surface area contributed by atoms with E-state index in [1.54, 1.807) is 7.05 Å². The molecule has 0 aromatic heterocycles. The molecule has 2 N–H and O–H groups in total. The van der Waals surface area contributed by atoms with Crippen molar-refractivity contribution in [1.82, 2.24) is 10.6 Å². The molecule has 0 saturated carbocycles. The van der Waals surface area contributed by atoms with E-state index in [4.69, 9.17) is 23.2 Å². The largest absolute Gasteiger partial charge is 0.408 e. The standard InChI is InChI=1S/C18H20Cl2F4N4/c1-10(18(22,23)24)28-15-8-12(26-6-5-25-2)9-27-17(21)16(15)13-4-3-11(19)7-14(13)20/h3-4,7,10,25,28H,5-6,8-9H2,1-2H3. The summed E-state index contributed by atoms with van der Waals surface area (Å²) < 4.78 is 54.2. The normalized spacial score (nSPS) is 18.1. The second-order valence-corrected chi connectivity index (χ2v) is 7.06. The first-order valence-electron chi connectivity index (χ1n) is 8.52. The Kier molecular flexibility index (Phi) is 7.86. The fourth-order valence-electron chi connectivity index (χ4n) is 2.58. The first kappa shape index (κ1) is 22.6. The van der Waals surface area contributed by atoms with Crippen LogP contribution in [0.4, 0.5) is 17.6 Å². The van der Waals surface area contributed by atoms with E-state index in [1.807, 2.05) is 0 Å². The lowest BCUT2D eigenvalue weighted by atomic mass is 10.0. The van der Waals surface area contributed by atoms with Crippen LogP contribution in [0, 0.1) is 0 Å². The first-order chi connectivity index (χ1) is 13.1. The predicted molar refractivity (Wildman–Crippen MR) is 106 cm³/mol. The number of likely N-dealkylation sites (N-methyl/N-ethyl adjacent to an activating group) is 1. The van der Waals surface area contributed by atoms with Crippen LogP contribution >= 0.6 is 23.2 Å². The van der Waals surface area contributed by atoms with Crippen molar-refractivity contribution in [1.29, 1.82) is 0 Å². The van der Waals surface area contributed by atoms with E-state index >= 15 is 0 Å². The highest BCUT2D eigenvalue weighted by molar-refractivity contribution is 6.37. The molecule has 0 fully saturated rings. The third-order valence-electron chi connectivity index (χ3n) is 4.07. The van der Waals surface area contributed by atoms with E-state index in [1.165, 1.54) is 18.2 Å². The minimum atomic E-state index is -4.51. The van der Waals surface area contributed by atoms with E-state index in [0.717, 1.165) is 6.92 Å². The lowest BCUT2D eigenvalue weighted by Gasteiger charge is -2.22. The Morgan fingerprint density at radius 1 is 1.29 bits per heavy atom. The van der Waals surface area contributed by atoms with Gasteiger partial charge in [-0.25, -0.2) is 0 Å². The molecule has 1 aromatic rings. The number of nitrogens with one attached hydrogen (secondary N) is 2. The van der Waals surface area contributed by atoms with E-state index in [-0.39, 0.29) is 34.8 Å². The van der Waals surface area contributed by atoms with Gasteiger partial charge in [-0.3, -0.25) is 9.98 Å². The maximum Gasteiger partial charge on any atom is 0.408 e. The van der Waals surface area contributed by atoms with Gasteiger partial charge < -0.3 is 10.6 Å². The maximum atomic E-state index is 14.8. The van der Waals surface area contributed by atoms with Gasteiger partial charge in [-0.1, -0.05) is 29.3 Å². The van der Waals surface area contributed by atoms with Crippen molar-refractivity contribution >= 4 is 40.5 Å². The van der Waals surface area contributed by atoms with Crippen LogP contribution in [0.1, 0.15) is 18.9 Å². The summed E-state index contributed by atoms with van der Waals surface area (Å²) >= 11 is 12.1. The lowest BCUT2D eigenvalue weighted by molar-refractivity contribution is -0.149. The van der Waals surface area contributed by atoms with Crippen molar-refractivity contribution in [3.63, 3.8) is 0 Å². The molecule has 4 nitrogen and oxygen atoms in total. The molecule has 1 unspecified atom stereocenters. The SMILES string of the molecule is CNCCN=C1CN=C(F)C(c2ccc(Cl)cc2Cl)=C(NC(C)C(F)(F)F)C1. The van der Waals surface area contributed by atoms with Gasteiger partial charge in [0.25, 0.3) is 0 Å². The monoisotopic (exact) mass is 438 g/mol. The van der Waals surface area contributed by atoms with Crippen LogP contribution in [-0.2, 0) is 0 Å². The molecule has 10 heteroatoms. The fourth-order valence-corrected chi connectivity index (χ4v) is 3.08. The smallest absolute Gasteiger partial charge is 0.377 e. The third-order valence-corrected chi connectivity index (χ3v) is 4.62. The Morgan fingerprint density at radius 3 is 2.61 bits per heavy atom. The number of nitrogens with zero attached hydrogens (tertiary/aromatic N) is 2. The van der Waals surface area contributed by atoms with Gasteiger partial charge in [0.2, 0.25) is 5.97 Å². The van der Waals surface area contributed by atoms with Crippen molar-refractivity contribution < 1.29 is 17.6 Å². The summed E-state index contributed by atoms with van der Waals surface area (Å²) in [5.41, 5.74) is 0.593. The molecule has 0 bridgehead atoms. The van der Waals surface area contributed by atoms with Gasteiger partial charge >= 0.3 is 6.18 Å². The molecule has 1 heterocycles. The highest BCUT2D eigenvalue weighted by atomic mass is 35.5. The second kappa shape index (κ2) is 9.71. The Hall–Kier alpha value is -1.64. The molecule has 1 aromatic carbocycles. The van der Waals surface area contributed by atoms with Crippen LogP contribution in [0.3, 0.4) is 0 Å². The highest BCUT2D eigenvalue weighted by Crippen LogP contribution is 2.33. The number of halogens is 6. The highest BCUT2D eigenvalue weighted by Gasteiger charge is 2.37. The molecule has 1 aliphatic heterocycles. The quantitative estimate of drug-likeness (QED) is 0.500. The lowest BCUT2D eigenvalue weighted by Crippen LogP contribution is -2.40. The van der Waals surface area contributed by atoms with Gasteiger partial charge in [-0.15, -0.1) is 0 Å². The van der Waals surface area contributed by atoms with Crippen LogP contribution < -0.4 is 10.6 Å². The minimum absolute atomic E-state index is 0.00462. The number of aliphatic imine (C=N–C) groups is 2. The summed E-state index contributed by atoms with van der Waals surface area (Å²) in [5.74, 6) is -0.903. The first-order valence-corrected chi connectivity index (χ1v) is 9.28. The number of hydrogen-bond acceptors (Lipinski definition) is 4. The molecule has 1 aliphatic rings. The van der Waals surface area contributed by atoms with Crippen molar-refractivity contribution in [3.8, 4) is 0 Å². The van der Waals surface area contributed by atoms with E-state index in [0.29, 0.717) is 23.8 Å². The van der Waals surface area contributed by atoms with Gasteiger partial charge in [-0.2, -0.15) is 17.6 Å². The zero-order chi connectivity index (χ0) is 20.9. The van der Waals surface area contributed by atoms with Crippen LogP contribution in [-0.4, -0.2) is 50.6 Å². The zero-order valence-electron chi connectivity index (χ0n) is 15.3. The number of allylic oxidation sites excluding steroid dienone is 2. The topological polar surface area (TPSA) is 48.8 Å². The summed E-state index contributed by atoms with van der Waals surface area (Å²) in [4.78, 5) is 8.18. The molecule has 28 heavy (non-hydrogen) atoms. The number of alkyl halides is 3. The van der Waals surface area contributed by atoms with Gasteiger partial charge in [0.15, 0.2) is 0 Å². The number of hydrogen-bond donors (Lipinski definition) is 2. The average molecular weight is 439 g/mol. The van der Waals surface area contributed by atoms with Crippen LogP contribution in [0.25, 0.3) is 5.57 Å². The molecule has 0 spiro atoms. The molecule has 2 rings (SSSR count). The van der Waals surface area contributed by atoms with Crippen molar-refractivity contribution in [2.24, 2.45) is 9.98 Å². The molecule has 154 valence electrons. The summed E-state index contributed by atoms with van der Waals surface area (Å²) in [6.45, 7) is 1.90. The Bertz CT molecular complexity index is 803. The second-order valence-electron chi connectivity index (χ2n) is 6.22. The minimum Gasteiger partial charge on any atom is -0.377 e. The zero-order valence-corrected chi connectivity index (χ0v) is 16.8. The number of benzene rings is 1. The molecular weight excluding hydrogens is 419 g/mol. The van der Waals surface area contributed by atoms with Gasteiger partial charge in [0.1, 0.15) is 6.04 Å². The van der Waals surface area contributed by atoms with Crippen molar-refractivity contribution in [2.45, 2.75) is 25.6 Å². The van der Waals surface area contributed by atoms with E-state index in [9.17, 15) is 17.6 Å². The maximum absolute atomic E-state index is 14.8. The average Bonchev–Trinajstić information content (AvgIpc) is 2.74. The number of rotatable bonds is 6. The van der Waals surface area contributed by atoms with E-state index in [2.05, 4.69) is 20.6 Å². The summed E-state index contributed by atoms with van der Waals surface area (Å²) in [6, 6.07) is 2.45.